The molecule has 0 aliphatic rings. The summed E-state index contributed by atoms with van der Waals surface area (Å²) in [6, 6.07) is 10.1. The van der Waals surface area contributed by atoms with E-state index in [2.05, 4.69) is 15.5 Å². The van der Waals surface area contributed by atoms with Gasteiger partial charge in [0.15, 0.2) is 5.82 Å². The average Bonchev–Trinajstić information content (AvgIpc) is 2.46. The minimum absolute atomic E-state index is 0.246. The second kappa shape index (κ2) is 6.24. The highest BCUT2D eigenvalue weighted by Crippen LogP contribution is 2.20. The van der Waals surface area contributed by atoms with Gasteiger partial charge in [0.05, 0.1) is 5.69 Å². The lowest BCUT2D eigenvalue weighted by molar-refractivity contribution is 0.628. The fraction of sp³-hybridized carbons (Fsp3) is 0.286. The number of hydrogen-bond acceptors (Lipinski definition) is 4. The summed E-state index contributed by atoms with van der Waals surface area (Å²) >= 11 is 0. The molecule has 0 amide bonds. The van der Waals surface area contributed by atoms with Crippen LogP contribution < -0.4 is 10.2 Å². The van der Waals surface area contributed by atoms with Crippen molar-refractivity contribution < 1.29 is 4.39 Å². The SMILES string of the molecule is CCNCc1ccc(N(C)c2ccc(F)cc2)nn1. The first-order valence-corrected chi connectivity index (χ1v) is 6.23. The third-order valence-electron chi connectivity index (χ3n) is 2.82. The maximum Gasteiger partial charge on any atom is 0.155 e. The molecule has 1 heterocycles. The maximum atomic E-state index is 12.9. The summed E-state index contributed by atoms with van der Waals surface area (Å²) in [5.74, 6) is 0.482. The average molecular weight is 260 g/mol. The van der Waals surface area contributed by atoms with Crippen LogP contribution in [0.25, 0.3) is 0 Å². The smallest absolute Gasteiger partial charge is 0.155 e. The topological polar surface area (TPSA) is 41.0 Å². The largest absolute Gasteiger partial charge is 0.328 e. The van der Waals surface area contributed by atoms with E-state index >= 15 is 0 Å². The minimum Gasteiger partial charge on any atom is -0.328 e. The Bertz CT molecular complexity index is 510. The normalized spacial score (nSPS) is 10.5. The lowest BCUT2D eigenvalue weighted by atomic mass is 10.3. The van der Waals surface area contributed by atoms with Gasteiger partial charge in [0.2, 0.25) is 0 Å². The van der Waals surface area contributed by atoms with Gasteiger partial charge in [0, 0.05) is 19.3 Å². The second-order valence-electron chi connectivity index (χ2n) is 4.20. The lowest BCUT2D eigenvalue weighted by Gasteiger charge is -2.17. The van der Waals surface area contributed by atoms with Gasteiger partial charge in [-0.2, -0.15) is 5.10 Å². The number of anilines is 2. The molecule has 100 valence electrons. The van der Waals surface area contributed by atoms with Crippen molar-refractivity contribution in [3.05, 3.63) is 47.9 Å². The Hall–Kier alpha value is -2.01. The number of rotatable bonds is 5. The van der Waals surface area contributed by atoms with Gasteiger partial charge in [-0.05, 0) is 42.9 Å². The molecular formula is C14H17FN4. The van der Waals surface area contributed by atoms with Crippen LogP contribution in [0.3, 0.4) is 0 Å². The summed E-state index contributed by atoms with van der Waals surface area (Å²) in [5, 5.41) is 11.5. The Labute approximate surface area is 112 Å². The molecule has 0 saturated heterocycles. The number of halogens is 1. The van der Waals surface area contributed by atoms with E-state index in [-0.39, 0.29) is 5.82 Å². The van der Waals surface area contributed by atoms with Crippen LogP contribution in [0.1, 0.15) is 12.6 Å². The minimum atomic E-state index is -0.246. The lowest BCUT2D eigenvalue weighted by Crippen LogP contribution is -2.15. The Morgan fingerprint density at radius 3 is 2.42 bits per heavy atom. The molecule has 0 radical (unpaired) electrons. The predicted molar refractivity (Wildman–Crippen MR) is 73.9 cm³/mol. The van der Waals surface area contributed by atoms with E-state index in [1.165, 1.54) is 12.1 Å². The van der Waals surface area contributed by atoms with Crippen molar-refractivity contribution in [3.8, 4) is 0 Å². The van der Waals surface area contributed by atoms with Crippen molar-refractivity contribution in [1.29, 1.82) is 0 Å². The van der Waals surface area contributed by atoms with Crippen LogP contribution in [0.2, 0.25) is 0 Å². The van der Waals surface area contributed by atoms with Gasteiger partial charge in [0.1, 0.15) is 5.82 Å². The molecule has 4 nitrogen and oxygen atoms in total. The van der Waals surface area contributed by atoms with Crippen LogP contribution in [0, 0.1) is 5.82 Å². The maximum absolute atomic E-state index is 12.9. The monoisotopic (exact) mass is 260 g/mol. The fourth-order valence-corrected chi connectivity index (χ4v) is 1.68. The molecule has 0 aliphatic carbocycles. The zero-order valence-electron chi connectivity index (χ0n) is 11.1. The summed E-state index contributed by atoms with van der Waals surface area (Å²) in [5.41, 5.74) is 1.77. The quantitative estimate of drug-likeness (QED) is 0.896. The van der Waals surface area contributed by atoms with Crippen LogP contribution in [-0.2, 0) is 6.54 Å². The molecular weight excluding hydrogens is 243 g/mol. The predicted octanol–water partition coefficient (Wildman–Crippen LogP) is 2.49. The van der Waals surface area contributed by atoms with Gasteiger partial charge in [-0.15, -0.1) is 5.10 Å². The summed E-state index contributed by atoms with van der Waals surface area (Å²) in [6.07, 6.45) is 0. The van der Waals surface area contributed by atoms with Crippen LogP contribution in [0.15, 0.2) is 36.4 Å². The fourth-order valence-electron chi connectivity index (χ4n) is 1.68. The molecule has 1 aromatic heterocycles. The highest BCUT2D eigenvalue weighted by molar-refractivity contribution is 5.58. The standard InChI is InChI=1S/C14H17FN4/c1-3-16-10-12-6-9-14(18-17-12)19(2)13-7-4-11(15)5-8-13/h4-9,16H,3,10H2,1-2H3. The molecule has 2 aromatic rings. The van der Waals surface area contributed by atoms with Crippen molar-refractivity contribution in [2.45, 2.75) is 13.5 Å². The highest BCUT2D eigenvalue weighted by Gasteiger charge is 2.06. The zero-order chi connectivity index (χ0) is 13.7. The molecule has 0 fully saturated rings. The molecule has 0 saturated carbocycles. The Balaban J connectivity index is 2.10. The van der Waals surface area contributed by atoms with Gasteiger partial charge in [-0.3, -0.25) is 0 Å². The van der Waals surface area contributed by atoms with Crippen molar-refractivity contribution in [2.24, 2.45) is 0 Å². The van der Waals surface area contributed by atoms with E-state index < -0.39 is 0 Å². The van der Waals surface area contributed by atoms with Gasteiger partial charge < -0.3 is 10.2 Å². The van der Waals surface area contributed by atoms with Crippen LogP contribution in [0.5, 0.6) is 0 Å². The third kappa shape index (κ3) is 3.48. The van der Waals surface area contributed by atoms with Crippen molar-refractivity contribution in [2.75, 3.05) is 18.5 Å². The van der Waals surface area contributed by atoms with Gasteiger partial charge in [0.25, 0.3) is 0 Å². The van der Waals surface area contributed by atoms with E-state index in [0.29, 0.717) is 6.54 Å². The Morgan fingerprint density at radius 2 is 1.84 bits per heavy atom. The number of hydrogen-bond donors (Lipinski definition) is 1. The second-order valence-corrected chi connectivity index (χ2v) is 4.20. The number of nitrogens with one attached hydrogen (secondary N) is 1. The van der Waals surface area contributed by atoms with E-state index in [1.807, 2.05) is 31.0 Å². The van der Waals surface area contributed by atoms with Crippen molar-refractivity contribution in [1.82, 2.24) is 15.5 Å². The Kier molecular flexibility index (Phi) is 4.41. The summed E-state index contributed by atoms with van der Waals surface area (Å²) in [6.45, 7) is 3.66. The molecule has 0 bridgehead atoms. The number of aromatic nitrogens is 2. The summed E-state index contributed by atoms with van der Waals surface area (Å²) in [7, 11) is 1.88. The molecule has 1 N–H and O–H groups in total. The summed E-state index contributed by atoms with van der Waals surface area (Å²) in [4.78, 5) is 1.86. The van der Waals surface area contributed by atoms with E-state index in [9.17, 15) is 4.39 Å². The van der Waals surface area contributed by atoms with E-state index in [4.69, 9.17) is 0 Å². The van der Waals surface area contributed by atoms with Gasteiger partial charge in [-0.25, -0.2) is 4.39 Å². The van der Waals surface area contributed by atoms with E-state index in [1.54, 1.807) is 12.1 Å². The van der Waals surface area contributed by atoms with Gasteiger partial charge in [-0.1, -0.05) is 6.92 Å². The molecule has 1 aromatic carbocycles. The first-order valence-electron chi connectivity index (χ1n) is 6.23. The highest BCUT2D eigenvalue weighted by atomic mass is 19.1. The molecule has 5 heteroatoms. The number of benzene rings is 1. The van der Waals surface area contributed by atoms with E-state index in [0.717, 1.165) is 23.7 Å². The number of nitrogens with zero attached hydrogens (tertiary/aromatic N) is 3. The van der Waals surface area contributed by atoms with Crippen LogP contribution >= 0.6 is 0 Å². The van der Waals surface area contributed by atoms with Gasteiger partial charge >= 0.3 is 0 Å². The molecule has 0 spiro atoms. The molecule has 19 heavy (non-hydrogen) atoms. The summed E-state index contributed by atoms with van der Waals surface area (Å²) < 4.78 is 12.9. The van der Waals surface area contributed by atoms with Crippen molar-refractivity contribution >= 4 is 11.5 Å². The van der Waals surface area contributed by atoms with Crippen molar-refractivity contribution in [3.63, 3.8) is 0 Å². The third-order valence-corrected chi connectivity index (χ3v) is 2.82. The molecule has 0 unspecified atom stereocenters. The molecule has 0 atom stereocenters. The molecule has 2 rings (SSSR count). The zero-order valence-corrected chi connectivity index (χ0v) is 11.1. The molecule has 0 aliphatic heterocycles. The van der Waals surface area contributed by atoms with Crippen LogP contribution in [0.4, 0.5) is 15.9 Å². The first-order chi connectivity index (χ1) is 9.20. The first kappa shape index (κ1) is 13.4. The Morgan fingerprint density at radius 1 is 1.11 bits per heavy atom. The van der Waals surface area contributed by atoms with Crippen LogP contribution in [-0.4, -0.2) is 23.8 Å².